The molecule has 5 rings (SSSR count). The zero-order valence-electron chi connectivity index (χ0n) is 14.9. The first kappa shape index (κ1) is 15.9. The Bertz CT molecular complexity index is 887. The van der Waals surface area contributed by atoms with E-state index in [2.05, 4.69) is 21.3 Å². The molecule has 136 valence electrons. The molecule has 26 heavy (non-hydrogen) atoms. The second-order valence-electron chi connectivity index (χ2n) is 7.64. The Labute approximate surface area is 152 Å². The number of amides is 2. The molecule has 2 amide bonds. The number of piperazine rings is 2. The molecule has 2 aliphatic heterocycles. The number of aromatic amines is 1. The summed E-state index contributed by atoms with van der Waals surface area (Å²) in [5.74, 6) is 0.0683. The Hall–Kier alpha value is -2.34. The van der Waals surface area contributed by atoms with Crippen molar-refractivity contribution in [3.8, 4) is 0 Å². The molecule has 1 aromatic heterocycles. The van der Waals surface area contributed by atoms with Crippen LogP contribution in [0.25, 0.3) is 10.9 Å². The van der Waals surface area contributed by atoms with Gasteiger partial charge in [-0.15, -0.1) is 0 Å². The van der Waals surface area contributed by atoms with E-state index in [0.29, 0.717) is 25.2 Å². The third kappa shape index (κ3) is 2.51. The number of aromatic nitrogens is 1. The van der Waals surface area contributed by atoms with Crippen LogP contribution in [0.5, 0.6) is 0 Å². The van der Waals surface area contributed by atoms with Crippen molar-refractivity contribution in [2.24, 2.45) is 0 Å². The van der Waals surface area contributed by atoms with Crippen molar-refractivity contribution in [3.63, 3.8) is 0 Å². The number of nitrogens with one attached hydrogen (secondary N) is 2. The molecule has 0 radical (unpaired) electrons. The van der Waals surface area contributed by atoms with Crippen molar-refractivity contribution in [1.29, 1.82) is 0 Å². The lowest BCUT2D eigenvalue weighted by molar-refractivity contribution is -0.131. The predicted octanol–water partition coefficient (Wildman–Crippen LogP) is 1.30. The number of benzene rings is 1. The average molecular weight is 352 g/mol. The van der Waals surface area contributed by atoms with Crippen LogP contribution < -0.4 is 5.32 Å². The van der Waals surface area contributed by atoms with Gasteiger partial charge in [0.2, 0.25) is 5.91 Å². The van der Waals surface area contributed by atoms with E-state index < -0.39 is 0 Å². The van der Waals surface area contributed by atoms with Crippen LogP contribution in [-0.2, 0) is 17.6 Å². The van der Waals surface area contributed by atoms with E-state index in [-0.39, 0.29) is 17.9 Å². The summed E-state index contributed by atoms with van der Waals surface area (Å²) in [5.41, 5.74) is 4.54. The Morgan fingerprint density at radius 2 is 2.00 bits per heavy atom. The zero-order valence-corrected chi connectivity index (χ0v) is 14.9. The molecule has 3 aliphatic rings. The van der Waals surface area contributed by atoms with Gasteiger partial charge in [0, 0.05) is 54.9 Å². The monoisotopic (exact) mass is 352 g/mol. The van der Waals surface area contributed by atoms with Crippen LogP contribution in [0.4, 0.5) is 0 Å². The molecular weight excluding hydrogens is 328 g/mol. The lowest BCUT2D eigenvalue weighted by Gasteiger charge is -2.43. The van der Waals surface area contributed by atoms with E-state index in [1.807, 2.05) is 17.0 Å². The van der Waals surface area contributed by atoms with Gasteiger partial charge in [-0.1, -0.05) is 6.07 Å². The minimum absolute atomic E-state index is 0.0255. The van der Waals surface area contributed by atoms with E-state index in [1.54, 1.807) is 0 Å². The number of H-pyrrole nitrogens is 1. The van der Waals surface area contributed by atoms with Gasteiger partial charge >= 0.3 is 0 Å². The molecule has 1 unspecified atom stereocenters. The topological polar surface area (TPSA) is 68.4 Å². The number of rotatable bonds is 1. The van der Waals surface area contributed by atoms with E-state index in [1.165, 1.54) is 29.5 Å². The van der Waals surface area contributed by atoms with Gasteiger partial charge in [0.25, 0.3) is 5.91 Å². The van der Waals surface area contributed by atoms with Gasteiger partial charge in [-0.2, -0.15) is 0 Å². The van der Waals surface area contributed by atoms with Crippen LogP contribution >= 0.6 is 0 Å². The number of aryl methyl sites for hydroxylation is 2. The van der Waals surface area contributed by atoms with Gasteiger partial charge in [-0.3, -0.25) is 14.5 Å². The first-order valence-electron chi connectivity index (χ1n) is 9.65. The van der Waals surface area contributed by atoms with Crippen molar-refractivity contribution in [3.05, 3.63) is 35.0 Å². The fourth-order valence-corrected chi connectivity index (χ4v) is 4.69. The lowest BCUT2D eigenvalue weighted by Crippen LogP contribution is -2.64. The van der Waals surface area contributed by atoms with Crippen LogP contribution in [-0.4, -0.2) is 65.4 Å². The Morgan fingerprint density at radius 3 is 2.92 bits per heavy atom. The van der Waals surface area contributed by atoms with E-state index in [9.17, 15) is 9.59 Å². The molecule has 3 heterocycles. The van der Waals surface area contributed by atoms with Crippen molar-refractivity contribution in [2.45, 2.75) is 31.7 Å². The van der Waals surface area contributed by atoms with E-state index in [0.717, 1.165) is 31.4 Å². The largest absolute Gasteiger partial charge is 0.358 e. The maximum atomic E-state index is 13.0. The fraction of sp³-hybridized carbons (Fsp3) is 0.500. The Morgan fingerprint density at radius 1 is 1.12 bits per heavy atom. The average Bonchev–Trinajstić information content (AvgIpc) is 3.05. The minimum atomic E-state index is -0.206. The summed E-state index contributed by atoms with van der Waals surface area (Å²) in [7, 11) is 0. The molecule has 0 bridgehead atoms. The Kier molecular flexibility index (Phi) is 3.74. The SMILES string of the molecule is O=C1NCCN2CCN(C(=O)c3ccc4c5c([nH]c4c3)CCCC5)CC12. The smallest absolute Gasteiger partial charge is 0.254 e. The molecule has 2 fully saturated rings. The highest BCUT2D eigenvalue weighted by Gasteiger charge is 2.36. The zero-order chi connectivity index (χ0) is 17.7. The van der Waals surface area contributed by atoms with Crippen molar-refractivity contribution >= 4 is 22.7 Å². The number of carbonyl (C=O) groups excluding carboxylic acids is 2. The van der Waals surface area contributed by atoms with Gasteiger partial charge in [0.05, 0.1) is 0 Å². The minimum Gasteiger partial charge on any atom is -0.358 e. The van der Waals surface area contributed by atoms with Gasteiger partial charge in [-0.05, 0) is 43.4 Å². The summed E-state index contributed by atoms with van der Waals surface area (Å²) in [5, 5.41) is 4.17. The highest BCUT2D eigenvalue weighted by molar-refractivity contribution is 5.99. The number of hydrogen-bond acceptors (Lipinski definition) is 3. The molecule has 1 aliphatic carbocycles. The van der Waals surface area contributed by atoms with Gasteiger partial charge in [-0.25, -0.2) is 0 Å². The molecule has 2 saturated heterocycles. The van der Waals surface area contributed by atoms with Crippen molar-refractivity contribution in [1.82, 2.24) is 20.1 Å². The molecule has 6 heteroatoms. The van der Waals surface area contributed by atoms with Crippen molar-refractivity contribution in [2.75, 3.05) is 32.7 Å². The number of nitrogens with zero attached hydrogens (tertiary/aromatic N) is 2. The van der Waals surface area contributed by atoms with Crippen LogP contribution in [0.15, 0.2) is 18.2 Å². The summed E-state index contributed by atoms with van der Waals surface area (Å²) in [6.07, 6.45) is 4.71. The molecule has 1 aromatic carbocycles. The normalized spacial score (nSPS) is 23.5. The van der Waals surface area contributed by atoms with Crippen LogP contribution in [0.3, 0.4) is 0 Å². The lowest BCUT2D eigenvalue weighted by atomic mass is 9.95. The number of hydrogen-bond donors (Lipinski definition) is 2. The third-order valence-corrected chi connectivity index (χ3v) is 6.12. The second kappa shape index (κ2) is 6.13. The summed E-state index contributed by atoms with van der Waals surface area (Å²) in [6.45, 7) is 3.50. The third-order valence-electron chi connectivity index (χ3n) is 6.12. The maximum Gasteiger partial charge on any atom is 0.254 e. The first-order chi connectivity index (χ1) is 12.7. The molecule has 0 saturated carbocycles. The summed E-state index contributed by atoms with van der Waals surface area (Å²) in [4.78, 5) is 32.7. The summed E-state index contributed by atoms with van der Waals surface area (Å²) in [6, 6.07) is 5.82. The molecule has 6 nitrogen and oxygen atoms in total. The Balaban J connectivity index is 1.40. The highest BCUT2D eigenvalue weighted by atomic mass is 16.2. The van der Waals surface area contributed by atoms with E-state index in [4.69, 9.17) is 0 Å². The summed E-state index contributed by atoms with van der Waals surface area (Å²) >= 11 is 0. The second-order valence-corrected chi connectivity index (χ2v) is 7.64. The van der Waals surface area contributed by atoms with Crippen LogP contribution in [0.1, 0.15) is 34.5 Å². The number of carbonyl (C=O) groups is 2. The van der Waals surface area contributed by atoms with Crippen LogP contribution in [0.2, 0.25) is 0 Å². The van der Waals surface area contributed by atoms with Crippen molar-refractivity contribution < 1.29 is 9.59 Å². The quantitative estimate of drug-likeness (QED) is 0.813. The molecule has 1 atom stereocenters. The fourth-order valence-electron chi connectivity index (χ4n) is 4.69. The number of fused-ring (bicyclic) bond motifs is 4. The highest BCUT2D eigenvalue weighted by Crippen LogP contribution is 2.30. The van der Waals surface area contributed by atoms with Gasteiger partial charge in [0.15, 0.2) is 0 Å². The molecule has 2 aromatic rings. The predicted molar refractivity (Wildman–Crippen MR) is 99.2 cm³/mol. The molecular formula is C20H24N4O2. The molecule has 2 N–H and O–H groups in total. The maximum absolute atomic E-state index is 13.0. The standard InChI is InChI=1S/C20H24N4O2/c25-19-18-12-24(10-9-23(18)8-7-21-19)20(26)13-5-6-15-14-3-1-2-4-16(14)22-17(15)11-13/h5-6,11,18,22H,1-4,7-10,12H2,(H,21,25). The first-order valence-corrected chi connectivity index (χ1v) is 9.65. The van der Waals surface area contributed by atoms with Gasteiger partial charge in [0.1, 0.15) is 6.04 Å². The summed E-state index contributed by atoms with van der Waals surface area (Å²) < 4.78 is 0. The van der Waals surface area contributed by atoms with E-state index >= 15 is 0 Å². The van der Waals surface area contributed by atoms with Gasteiger partial charge < -0.3 is 15.2 Å². The molecule has 0 spiro atoms. The van der Waals surface area contributed by atoms with Crippen LogP contribution in [0, 0.1) is 0 Å².